The van der Waals surface area contributed by atoms with Crippen molar-refractivity contribution in [2.24, 2.45) is 0 Å². The lowest BCUT2D eigenvalue weighted by Crippen LogP contribution is -2.27. The molecule has 0 fully saturated rings. The lowest BCUT2D eigenvalue weighted by molar-refractivity contribution is 0.0941. The molecular formula is C18H19N3O3. The van der Waals surface area contributed by atoms with Gasteiger partial charge >= 0.3 is 0 Å². The minimum absolute atomic E-state index is 0.180. The number of rotatable bonds is 7. The van der Waals surface area contributed by atoms with Gasteiger partial charge in [0.1, 0.15) is 11.4 Å². The first kappa shape index (κ1) is 16.0. The Labute approximate surface area is 140 Å². The molecule has 0 unspecified atom stereocenters. The minimum Gasteiger partial charge on any atom is -0.463 e. The maximum atomic E-state index is 12.5. The van der Waals surface area contributed by atoms with E-state index >= 15 is 0 Å². The second-order valence-electron chi connectivity index (χ2n) is 5.24. The zero-order valence-electron chi connectivity index (χ0n) is 13.4. The van der Waals surface area contributed by atoms with Gasteiger partial charge in [0, 0.05) is 26.3 Å². The zero-order chi connectivity index (χ0) is 16.8. The van der Waals surface area contributed by atoms with Crippen molar-refractivity contribution in [1.82, 2.24) is 15.1 Å². The predicted molar refractivity (Wildman–Crippen MR) is 90.1 cm³/mol. The number of amides is 1. The van der Waals surface area contributed by atoms with E-state index in [0.717, 1.165) is 12.1 Å². The smallest absolute Gasteiger partial charge is 0.270 e. The quantitative estimate of drug-likeness (QED) is 0.678. The SMILES string of the molecule is COCCCNC(=O)c1cc(-c2ccco2)nn1-c1ccccc1. The number of carbonyl (C=O) groups excluding carboxylic acids is 1. The Morgan fingerprint density at radius 3 is 2.79 bits per heavy atom. The Morgan fingerprint density at radius 1 is 1.25 bits per heavy atom. The van der Waals surface area contributed by atoms with Crippen molar-refractivity contribution in [1.29, 1.82) is 0 Å². The number of nitrogens with zero attached hydrogens (tertiary/aromatic N) is 2. The van der Waals surface area contributed by atoms with Crippen LogP contribution in [0.4, 0.5) is 0 Å². The number of hydrogen-bond donors (Lipinski definition) is 1. The highest BCUT2D eigenvalue weighted by Crippen LogP contribution is 2.22. The van der Waals surface area contributed by atoms with E-state index in [1.165, 1.54) is 0 Å². The Balaban J connectivity index is 1.90. The van der Waals surface area contributed by atoms with Crippen LogP contribution in [0.2, 0.25) is 0 Å². The highest BCUT2D eigenvalue weighted by Gasteiger charge is 2.18. The molecule has 3 aromatic rings. The van der Waals surface area contributed by atoms with Gasteiger partial charge in [0.2, 0.25) is 0 Å². The van der Waals surface area contributed by atoms with E-state index in [1.54, 1.807) is 30.2 Å². The molecule has 0 radical (unpaired) electrons. The lowest BCUT2D eigenvalue weighted by atomic mass is 10.2. The molecule has 0 saturated heterocycles. The second-order valence-corrected chi connectivity index (χ2v) is 5.24. The molecule has 1 amide bonds. The van der Waals surface area contributed by atoms with Crippen LogP contribution in [0.25, 0.3) is 17.1 Å². The monoisotopic (exact) mass is 325 g/mol. The molecule has 1 N–H and O–H groups in total. The van der Waals surface area contributed by atoms with Crippen molar-refractivity contribution < 1.29 is 13.9 Å². The number of benzene rings is 1. The van der Waals surface area contributed by atoms with Gasteiger partial charge in [-0.1, -0.05) is 18.2 Å². The summed E-state index contributed by atoms with van der Waals surface area (Å²) < 4.78 is 12.0. The molecule has 0 aliphatic carbocycles. The van der Waals surface area contributed by atoms with E-state index in [-0.39, 0.29) is 5.91 Å². The number of ether oxygens (including phenoxy) is 1. The Bertz CT molecular complexity index is 779. The number of aromatic nitrogens is 2. The van der Waals surface area contributed by atoms with Crippen LogP contribution >= 0.6 is 0 Å². The van der Waals surface area contributed by atoms with Crippen molar-refractivity contribution in [3.05, 3.63) is 60.5 Å². The highest BCUT2D eigenvalue weighted by atomic mass is 16.5. The molecule has 24 heavy (non-hydrogen) atoms. The molecule has 6 nitrogen and oxygen atoms in total. The van der Waals surface area contributed by atoms with Gasteiger partial charge in [0.25, 0.3) is 5.91 Å². The first-order valence-corrected chi connectivity index (χ1v) is 7.76. The van der Waals surface area contributed by atoms with E-state index in [0.29, 0.717) is 30.3 Å². The third kappa shape index (κ3) is 3.55. The summed E-state index contributed by atoms with van der Waals surface area (Å²) in [5, 5.41) is 7.42. The van der Waals surface area contributed by atoms with Gasteiger partial charge < -0.3 is 14.5 Å². The topological polar surface area (TPSA) is 69.3 Å². The summed E-state index contributed by atoms with van der Waals surface area (Å²) in [4.78, 5) is 12.5. The average molecular weight is 325 g/mol. The Kier molecular flexibility index (Phi) is 5.08. The highest BCUT2D eigenvalue weighted by molar-refractivity contribution is 5.94. The van der Waals surface area contributed by atoms with Crippen LogP contribution < -0.4 is 5.32 Å². The number of nitrogens with one attached hydrogen (secondary N) is 1. The maximum absolute atomic E-state index is 12.5. The van der Waals surface area contributed by atoms with Crippen LogP contribution in [-0.4, -0.2) is 35.9 Å². The van der Waals surface area contributed by atoms with E-state index in [9.17, 15) is 4.79 Å². The number of methoxy groups -OCH3 is 1. The largest absolute Gasteiger partial charge is 0.463 e. The molecule has 0 bridgehead atoms. The van der Waals surface area contributed by atoms with Crippen molar-refractivity contribution in [3.63, 3.8) is 0 Å². The molecule has 1 aromatic carbocycles. The molecule has 0 aliphatic rings. The zero-order valence-corrected chi connectivity index (χ0v) is 13.4. The van der Waals surface area contributed by atoms with Crippen molar-refractivity contribution in [3.8, 4) is 17.1 Å². The fourth-order valence-corrected chi connectivity index (χ4v) is 2.36. The number of hydrogen-bond acceptors (Lipinski definition) is 4. The third-order valence-electron chi connectivity index (χ3n) is 3.53. The molecule has 0 aliphatic heterocycles. The summed E-state index contributed by atoms with van der Waals surface area (Å²) in [6.45, 7) is 1.15. The predicted octanol–water partition coefficient (Wildman–Crippen LogP) is 2.90. The lowest BCUT2D eigenvalue weighted by Gasteiger charge is -2.08. The number of furan rings is 1. The van der Waals surface area contributed by atoms with Crippen LogP contribution in [0.1, 0.15) is 16.9 Å². The standard InChI is InChI=1S/C18H19N3O3/c1-23-11-6-10-19-18(22)16-13-15(17-9-5-12-24-17)20-21(16)14-7-3-2-4-8-14/h2-5,7-9,12-13H,6,10-11H2,1H3,(H,19,22). The maximum Gasteiger partial charge on any atom is 0.270 e. The van der Waals surface area contributed by atoms with E-state index in [4.69, 9.17) is 9.15 Å². The van der Waals surface area contributed by atoms with E-state index in [1.807, 2.05) is 36.4 Å². The van der Waals surface area contributed by atoms with Gasteiger partial charge in [-0.15, -0.1) is 0 Å². The van der Waals surface area contributed by atoms with Gasteiger partial charge in [-0.3, -0.25) is 4.79 Å². The molecule has 124 valence electrons. The first-order valence-electron chi connectivity index (χ1n) is 7.76. The van der Waals surface area contributed by atoms with Gasteiger partial charge in [-0.2, -0.15) is 5.10 Å². The summed E-state index contributed by atoms with van der Waals surface area (Å²) in [5.41, 5.74) is 1.90. The summed E-state index contributed by atoms with van der Waals surface area (Å²) in [6.07, 6.45) is 2.34. The third-order valence-corrected chi connectivity index (χ3v) is 3.53. The van der Waals surface area contributed by atoms with Gasteiger partial charge in [-0.05, 0) is 30.7 Å². The summed E-state index contributed by atoms with van der Waals surface area (Å²) in [5.74, 6) is 0.443. The average Bonchev–Trinajstić information content (AvgIpc) is 3.28. The number of carbonyl (C=O) groups is 1. The summed E-state index contributed by atoms with van der Waals surface area (Å²) in [7, 11) is 1.64. The van der Waals surface area contributed by atoms with Gasteiger partial charge in [0.05, 0.1) is 12.0 Å². The molecule has 2 heterocycles. The fourth-order valence-electron chi connectivity index (χ4n) is 2.36. The Hall–Kier alpha value is -2.86. The van der Waals surface area contributed by atoms with E-state index in [2.05, 4.69) is 10.4 Å². The minimum atomic E-state index is -0.180. The van der Waals surface area contributed by atoms with Crippen molar-refractivity contribution in [2.75, 3.05) is 20.3 Å². The molecular weight excluding hydrogens is 306 g/mol. The Morgan fingerprint density at radius 2 is 2.08 bits per heavy atom. The summed E-state index contributed by atoms with van der Waals surface area (Å²) >= 11 is 0. The molecule has 0 atom stereocenters. The van der Waals surface area contributed by atoms with Crippen LogP contribution in [0, 0.1) is 0 Å². The van der Waals surface area contributed by atoms with Crippen LogP contribution in [0.3, 0.4) is 0 Å². The van der Waals surface area contributed by atoms with Crippen molar-refractivity contribution >= 4 is 5.91 Å². The fraction of sp³-hybridized carbons (Fsp3) is 0.222. The molecule has 0 spiro atoms. The van der Waals surface area contributed by atoms with E-state index < -0.39 is 0 Å². The van der Waals surface area contributed by atoms with Crippen molar-refractivity contribution in [2.45, 2.75) is 6.42 Å². The number of para-hydroxylation sites is 1. The second kappa shape index (κ2) is 7.61. The molecule has 3 rings (SSSR count). The van der Waals surface area contributed by atoms with Gasteiger partial charge in [-0.25, -0.2) is 4.68 Å². The van der Waals surface area contributed by atoms with Crippen LogP contribution in [-0.2, 0) is 4.74 Å². The normalized spacial score (nSPS) is 10.7. The first-order chi connectivity index (χ1) is 11.8. The summed E-state index contributed by atoms with van der Waals surface area (Å²) in [6, 6.07) is 14.9. The van der Waals surface area contributed by atoms with Gasteiger partial charge in [0.15, 0.2) is 5.76 Å². The van der Waals surface area contributed by atoms with Crippen LogP contribution in [0.5, 0.6) is 0 Å². The molecule has 2 aromatic heterocycles. The molecule has 6 heteroatoms. The molecule has 0 saturated carbocycles. The van der Waals surface area contributed by atoms with Crippen LogP contribution in [0.15, 0.2) is 59.2 Å².